The third-order valence-corrected chi connectivity index (χ3v) is 5.78. The maximum absolute atomic E-state index is 12.4. The Bertz CT molecular complexity index is 1060. The molecule has 4 rings (SSSR count). The quantitative estimate of drug-likeness (QED) is 0.536. The molecule has 1 fully saturated rings. The molecule has 2 aromatic carbocycles. The number of halogens is 1. The van der Waals surface area contributed by atoms with Gasteiger partial charge in [-0.3, -0.25) is 4.79 Å². The fourth-order valence-electron chi connectivity index (χ4n) is 3.77. The van der Waals surface area contributed by atoms with Crippen molar-refractivity contribution in [1.29, 1.82) is 0 Å². The molecule has 1 saturated heterocycles. The summed E-state index contributed by atoms with van der Waals surface area (Å²) in [5.74, 6) is 1.16. The highest BCUT2D eigenvalue weighted by Gasteiger charge is 2.12. The Balaban J connectivity index is 1.38. The summed E-state index contributed by atoms with van der Waals surface area (Å²) in [4.78, 5) is 14.7. The molecule has 0 aliphatic carbocycles. The summed E-state index contributed by atoms with van der Waals surface area (Å²) in [5.41, 5.74) is 3.34. The van der Waals surface area contributed by atoms with Gasteiger partial charge < -0.3 is 15.0 Å². The average Bonchev–Trinajstić information content (AvgIpc) is 3.10. The Morgan fingerprint density at radius 3 is 2.59 bits per heavy atom. The number of anilines is 2. The highest BCUT2D eigenvalue weighted by atomic mass is 35.5. The maximum atomic E-state index is 12.4. The summed E-state index contributed by atoms with van der Waals surface area (Å²) in [6, 6.07) is 17.0. The van der Waals surface area contributed by atoms with E-state index < -0.39 is 0 Å². The van der Waals surface area contributed by atoms with Crippen LogP contribution in [-0.4, -0.2) is 35.8 Å². The Hall–Kier alpha value is -3.12. The smallest absolute Gasteiger partial charge is 0.262 e. The number of benzene rings is 2. The molecule has 0 unspecified atom stereocenters. The SMILES string of the molecule is Cc1ccc(Cl)c(OCC(=O)Nc2cccc(-c3ccc(N4CCCCCC4)nn3)c2)c1. The second-order valence-corrected chi connectivity index (χ2v) is 8.44. The van der Waals surface area contributed by atoms with Crippen LogP contribution in [-0.2, 0) is 4.79 Å². The van der Waals surface area contributed by atoms with Crippen LogP contribution in [0.2, 0.25) is 5.02 Å². The monoisotopic (exact) mass is 450 g/mol. The van der Waals surface area contributed by atoms with E-state index in [0.29, 0.717) is 16.5 Å². The summed E-state index contributed by atoms with van der Waals surface area (Å²) in [6.07, 6.45) is 4.96. The van der Waals surface area contributed by atoms with Gasteiger partial charge in [0.15, 0.2) is 12.4 Å². The second-order valence-electron chi connectivity index (χ2n) is 8.03. The van der Waals surface area contributed by atoms with Crippen molar-refractivity contribution in [3.05, 3.63) is 65.2 Å². The van der Waals surface area contributed by atoms with Crippen LogP contribution in [0.3, 0.4) is 0 Å². The molecule has 0 spiro atoms. The van der Waals surface area contributed by atoms with Crippen molar-refractivity contribution >= 4 is 29.0 Å². The van der Waals surface area contributed by atoms with Crippen LogP contribution in [0.4, 0.5) is 11.5 Å². The predicted octanol–water partition coefficient (Wildman–Crippen LogP) is 5.50. The summed E-state index contributed by atoms with van der Waals surface area (Å²) >= 11 is 6.12. The number of hydrogen-bond acceptors (Lipinski definition) is 5. The lowest BCUT2D eigenvalue weighted by atomic mass is 10.1. The minimum absolute atomic E-state index is 0.127. The number of nitrogens with one attached hydrogen (secondary N) is 1. The van der Waals surface area contributed by atoms with Gasteiger partial charge in [0.05, 0.1) is 10.7 Å². The normalized spacial score (nSPS) is 14.0. The number of hydrogen-bond donors (Lipinski definition) is 1. The Morgan fingerprint density at radius 1 is 1.03 bits per heavy atom. The van der Waals surface area contributed by atoms with Gasteiger partial charge >= 0.3 is 0 Å². The van der Waals surface area contributed by atoms with Gasteiger partial charge in [0, 0.05) is 24.3 Å². The van der Waals surface area contributed by atoms with E-state index in [4.69, 9.17) is 16.3 Å². The number of aryl methyl sites for hydroxylation is 1. The van der Waals surface area contributed by atoms with Gasteiger partial charge in [-0.15, -0.1) is 10.2 Å². The highest BCUT2D eigenvalue weighted by Crippen LogP contribution is 2.26. The van der Waals surface area contributed by atoms with E-state index in [2.05, 4.69) is 20.4 Å². The van der Waals surface area contributed by atoms with Crippen LogP contribution in [0, 0.1) is 6.92 Å². The lowest BCUT2D eigenvalue weighted by Gasteiger charge is -2.20. The topological polar surface area (TPSA) is 67.3 Å². The molecule has 1 aliphatic rings. The van der Waals surface area contributed by atoms with Gasteiger partial charge in [0.2, 0.25) is 0 Å². The van der Waals surface area contributed by atoms with E-state index >= 15 is 0 Å². The first-order valence-corrected chi connectivity index (χ1v) is 11.3. The van der Waals surface area contributed by atoms with E-state index in [1.165, 1.54) is 25.7 Å². The minimum Gasteiger partial charge on any atom is -0.482 e. The molecule has 32 heavy (non-hydrogen) atoms. The zero-order valence-corrected chi connectivity index (χ0v) is 18.9. The first kappa shape index (κ1) is 22.1. The summed E-state index contributed by atoms with van der Waals surface area (Å²) in [6.45, 7) is 3.88. The molecule has 1 amide bonds. The lowest BCUT2D eigenvalue weighted by molar-refractivity contribution is -0.118. The first-order valence-electron chi connectivity index (χ1n) is 11.0. The molecule has 0 saturated carbocycles. The van der Waals surface area contributed by atoms with Crippen molar-refractivity contribution < 1.29 is 9.53 Å². The number of aromatic nitrogens is 2. The van der Waals surface area contributed by atoms with Gasteiger partial charge in [0.1, 0.15) is 5.75 Å². The summed E-state index contributed by atoms with van der Waals surface area (Å²) in [7, 11) is 0. The van der Waals surface area contributed by atoms with E-state index in [-0.39, 0.29) is 12.5 Å². The van der Waals surface area contributed by atoms with Crippen molar-refractivity contribution in [3.8, 4) is 17.0 Å². The third kappa shape index (κ3) is 5.77. The first-order chi connectivity index (χ1) is 15.6. The lowest BCUT2D eigenvalue weighted by Crippen LogP contribution is -2.25. The van der Waals surface area contributed by atoms with Crippen molar-refractivity contribution in [2.24, 2.45) is 0 Å². The average molecular weight is 451 g/mol. The molecule has 0 atom stereocenters. The van der Waals surface area contributed by atoms with Crippen LogP contribution in [0.15, 0.2) is 54.6 Å². The fraction of sp³-hybridized carbons (Fsp3) is 0.320. The van der Waals surface area contributed by atoms with Gasteiger partial charge in [-0.1, -0.05) is 42.6 Å². The van der Waals surface area contributed by atoms with E-state index in [9.17, 15) is 4.79 Å². The van der Waals surface area contributed by atoms with Crippen LogP contribution in [0.5, 0.6) is 5.75 Å². The molecule has 0 radical (unpaired) electrons. The molecule has 6 nitrogen and oxygen atoms in total. The van der Waals surface area contributed by atoms with Gasteiger partial charge in [-0.05, 0) is 61.7 Å². The number of nitrogens with zero attached hydrogens (tertiary/aromatic N) is 3. The highest BCUT2D eigenvalue weighted by molar-refractivity contribution is 6.32. The predicted molar refractivity (Wildman–Crippen MR) is 128 cm³/mol. The Kier molecular flexibility index (Phi) is 7.22. The Labute approximate surface area is 193 Å². The van der Waals surface area contributed by atoms with E-state index in [0.717, 1.165) is 35.7 Å². The number of carbonyl (C=O) groups excluding carboxylic acids is 1. The number of rotatable bonds is 6. The zero-order chi connectivity index (χ0) is 22.3. The number of ether oxygens (including phenoxy) is 1. The summed E-state index contributed by atoms with van der Waals surface area (Å²) < 4.78 is 5.58. The molecule has 1 aliphatic heterocycles. The molecule has 2 heterocycles. The fourth-order valence-corrected chi connectivity index (χ4v) is 3.94. The molecule has 7 heteroatoms. The third-order valence-electron chi connectivity index (χ3n) is 5.47. The number of carbonyl (C=O) groups is 1. The van der Waals surface area contributed by atoms with Crippen LogP contribution < -0.4 is 15.0 Å². The van der Waals surface area contributed by atoms with Crippen LogP contribution in [0.1, 0.15) is 31.2 Å². The van der Waals surface area contributed by atoms with Gasteiger partial charge in [-0.2, -0.15) is 0 Å². The van der Waals surface area contributed by atoms with Crippen molar-refractivity contribution in [2.45, 2.75) is 32.6 Å². The van der Waals surface area contributed by atoms with Crippen molar-refractivity contribution in [1.82, 2.24) is 10.2 Å². The van der Waals surface area contributed by atoms with Crippen molar-refractivity contribution in [3.63, 3.8) is 0 Å². The summed E-state index contributed by atoms with van der Waals surface area (Å²) in [5, 5.41) is 12.2. The molecular formula is C25H27ClN4O2. The maximum Gasteiger partial charge on any atom is 0.262 e. The molecule has 3 aromatic rings. The Morgan fingerprint density at radius 2 is 1.84 bits per heavy atom. The van der Waals surface area contributed by atoms with Crippen LogP contribution >= 0.6 is 11.6 Å². The molecule has 1 N–H and O–H groups in total. The van der Waals surface area contributed by atoms with E-state index in [1.54, 1.807) is 6.07 Å². The van der Waals surface area contributed by atoms with E-state index in [1.807, 2.05) is 55.5 Å². The largest absolute Gasteiger partial charge is 0.482 e. The minimum atomic E-state index is -0.262. The van der Waals surface area contributed by atoms with Gasteiger partial charge in [-0.25, -0.2) is 0 Å². The molecule has 1 aromatic heterocycles. The standard InChI is InChI=1S/C25H27ClN4O2/c1-18-9-10-21(26)23(15-18)32-17-25(31)27-20-8-6-7-19(16-20)22-11-12-24(29-28-22)30-13-4-2-3-5-14-30/h6-12,15-16H,2-5,13-14,17H2,1H3,(H,27,31). The molecule has 166 valence electrons. The zero-order valence-electron chi connectivity index (χ0n) is 18.2. The van der Waals surface area contributed by atoms with Crippen LogP contribution in [0.25, 0.3) is 11.3 Å². The van der Waals surface area contributed by atoms with Crippen molar-refractivity contribution in [2.75, 3.05) is 29.9 Å². The molecular weight excluding hydrogens is 424 g/mol. The second kappa shape index (κ2) is 10.5. The molecule has 0 bridgehead atoms. The number of amides is 1. The van der Waals surface area contributed by atoms with Gasteiger partial charge in [0.25, 0.3) is 5.91 Å².